The summed E-state index contributed by atoms with van der Waals surface area (Å²) < 4.78 is 0. The van der Waals surface area contributed by atoms with E-state index in [1.54, 1.807) is 4.90 Å². The summed E-state index contributed by atoms with van der Waals surface area (Å²) in [5, 5.41) is 9.17. The lowest BCUT2D eigenvalue weighted by Gasteiger charge is -2.33. The van der Waals surface area contributed by atoms with E-state index in [0.717, 1.165) is 12.0 Å². The minimum atomic E-state index is -0.806. The highest BCUT2D eigenvalue weighted by Gasteiger charge is 2.38. The molecule has 3 N–H and O–H groups in total. The number of amides is 1. The number of benzene rings is 1. The van der Waals surface area contributed by atoms with Crippen molar-refractivity contribution in [3.8, 4) is 0 Å². The van der Waals surface area contributed by atoms with Crippen LogP contribution in [-0.4, -0.2) is 41.5 Å². The molecule has 3 rings (SSSR count). The van der Waals surface area contributed by atoms with Gasteiger partial charge in [0.1, 0.15) is 0 Å². The van der Waals surface area contributed by atoms with Crippen molar-refractivity contribution in [2.45, 2.75) is 18.9 Å². The summed E-state index contributed by atoms with van der Waals surface area (Å²) in [5.41, 5.74) is 7.29. The second-order valence-electron chi connectivity index (χ2n) is 5.98. The zero-order valence-electron chi connectivity index (χ0n) is 12.4. The number of hydrazine groups is 1. The molecule has 0 aliphatic carbocycles. The first kappa shape index (κ1) is 15.0. The molecule has 2 aliphatic heterocycles. The SMILES string of the molecule is O=C(O)C1CCCN(C(=O)C2CNNC2c2ccccc2)C1. The predicted octanol–water partition coefficient (Wildman–Crippen LogP) is 0.775. The molecule has 0 spiro atoms. The number of carbonyl (C=O) groups is 2. The van der Waals surface area contributed by atoms with E-state index in [2.05, 4.69) is 10.9 Å². The molecule has 6 nitrogen and oxygen atoms in total. The first-order chi connectivity index (χ1) is 10.7. The third-order valence-electron chi connectivity index (χ3n) is 4.54. The lowest BCUT2D eigenvalue weighted by molar-refractivity contribution is -0.146. The Balaban J connectivity index is 1.72. The van der Waals surface area contributed by atoms with Gasteiger partial charge in [-0.2, -0.15) is 0 Å². The standard InChI is InChI=1S/C16H21N3O3/c20-15(19-8-4-7-12(10-19)16(21)22)13-9-17-18-14(13)11-5-2-1-3-6-11/h1-3,5-6,12-14,17-18H,4,7-10H2,(H,21,22). The maximum Gasteiger partial charge on any atom is 0.308 e. The summed E-state index contributed by atoms with van der Waals surface area (Å²) in [4.78, 5) is 25.7. The number of carboxylic acids is 1. The van der Waals surface area contributed by atoms with Crippen molar-refractivity contribution < 1.29 is 14.7 Å². The van der Waals surface area contributed by atoms with E-state index in [9.17, 15) is 14.7 Å². The molecule has 2 heterocycles. The molecular weight excluding hydrogens is 282 g/mol. The van der Waals surface area contributed by atoms with Gasteiger partial charge in [0.25, 0.3) is 0 Å². The van der Waals surface area contributed by atoms with Crippen LogP contribution in [0.3, 0.4) is 0 Å². The smallest absolute Gasteiger partial charge is 0.308 e. The Bertz CT molecular complexity index is 549. The van der Waals surface area contributed by atoms with Crippen LogP contribution in [0.15, 0.2) is 30.3 Å². The summed E-state index contributed by atoms with van der Waals surface area (Å²) in [6.07, 6.45) is 1.41. The van der Waals surface area contributed by atoms with Gasteiger partial charge in [-0.1, -0.05) is 30.3 Å². The minimum absolute atomic E-state index is 0.0392. The van der Waals surface area contributed by atoms with Gasteiger partial charge in [-0.3, -0.25) is 15.0 Å². The van der Waals surface area contributed by atoms with Crippen LogP contribution in [0.25, 0.3) is 0 Å². The van der Waals surface area contributed by atoms with Gasteiger partial charge in [0.15, 0.2) is 0 Å². The molecule has 2 aliphatic rings. The Morgan fingerprint density at radius 2 is 2.00 bits per heavy atom. The van der Waals surface area contributed by atoms with Gasteiger partial charge < -0.3 is 10.0 Å². The van der Waals surface area contributed by atoms with E-state index < -0.39 is 11.9 Å². The Morgan fingerprint density at radius 3 is 2.73 bits per heavy atom. The minimum Gasteiger partial charge on any atom is -0.481 e. The van der Waals surface area contributed by atoms with Crippen molar-refractivity contribution in [3.63, 3.8) is 0 Å². The maximum absolute atomic E-state index is 12.8. The molecule has 2 saturated heterocycles. The Hall–Kier alpha value is -1.92. The van der Waals surface area contributed by atoms with E-state index in [-0.39, 0.29) is 17.9 Å². The monoisotopic (exact) mass is 303 g/mol. The number of hydrogen-bond acceptors (Lipinski definition) is 4. The molecular formula is C16H21N3O3. The number of carbonyl (C=O) groups excluding carboxylic acids is 1. The number of hydrogen-bond donors (Lipinski definition) is 3. The molecule has 2 fully saturated rings. The summed E-state index contributed by atoms with van der Waals surface area (Å²) in [6, 6.07) is 9.79. The van der Waals surface area contributed by atoms with Crippen molar-refractivity contribution in [2.24, 2.45) is 11.8 Å². The summed E-state index contributed by atoms with van der Waals surface area (Å²) in [6.45, 7) is 1.54. The molecule has 3 unspecified atom stereocenters. The number of nitrogens with zero attached hydrogens (tertiary/aromatic N) is 1. The predicted molar refractivity (Wildman–Crippen MR) is 80.8 cm³/mol. The highest BCUT2D eigenvalue weighted by molar-refractivity contribution is 5.81. The number of likely N-dealkylation sites (tertiary alicyclic amines) is 1. The van der Waals surface area contributed by atoms with Crippen molar-refractivity contribution in [1.82, 2.24) is 15.8 Å². The molecule has 118 valence electrons. The molecule has 1 aromatic carbocycles. The van der Waals surface area contributed by atoms with E-state index in [1.807, 2.05) is 30.3 Å². The van der Waals surface area contributed by atoms with Gasteiger partial charge in [0, 0.05) is 19.6 Å². The summed E-state index contributed by atoms with van der Waals surface area (Å²) in [7, 11) is 0. The molecule has 0 radical (unpaired) electrons. The molecule has 0 bridgehead atoms. The molecule has 1 amide bonds. The maximum atomic E-state index is 12.8. The van der Waals surface area contributed by atoms with E-state index >= 15 is 0 Å². The van der Waals surface area contributed by atoms with Gasteiger partial charge in [0.2, 0.25) is 5.91 Å². The third-order valence-corrected chi connectivity index (χ3v) is 4.54. The van der Waals surface area contributed by atoms with E-state index in [4.69, 9.17) is 0 Å². The molecule has 0 aromatic heterocycles. The fraction of sp³-hybridized carbons (Fsp3) is 0.500. The fourth-order valence-corrected chi connectivity index (χ4v) is 3.32. The molecule has 1 aromatic rings. The number of carboxylic acid groups (broad SMARTS) is 1. The quantitative estimate of drug-likeness (QED) is 0.768. The van der Waals surface area contributed by atoms with Gasteiger partial charge in [0.05, 0.1) is 17.9 Å². The Labute approximate surface area is 129 Å². The van der Waals surface area contributed by atoms with Crippen LogP contribution in [-0.2, 0) is 9.59 Å². The van der Waals surface area contributed by atoms with Crippen LogP contribution in [0.1, 0.15) is 24.4 Å². The Morgan fingerprint density at radius 1 is 1.23 bits per heavy atom. The van der Waals surface area contributed by atoms with Gasteiger partial charge >= 0.3 is 5.97 Å². The van der Waals surface area contributed by atoms with Gasteiger partial charge in [-0.05, 0) is 18.4 Å². The number of rotatable bonds is 3. The lowest BCUT2D eigenvalue weighted by Crippen LogP contribution is -2.46. The van der Waals surface area contributed by atoms with Gasteiger partial charge in [-0.25, -0.2) is 5.43 Å². The van der Waals surface area contributed by atoms with E-state index in [1.165, 1.54) is 0 Å². The summed E-state index contributed by atoms with van der Waals surface area (Å²) >= 11 is 0. The zero-order chi connectivity index (χ0) is 15.5. The van der Waals surface area contributed by atoms with E-state index in [0.29, 0.717) is 26.1 Å². The first-order valence-electron chi connectivity index (χ1n) is 7.71. The number of nitrogens with one attached hydrogen (secondary N) is 2. The van der Waals surface area contributed by atoms with Crippen LogP contribution in [0, 0.1) is 11.8 Å². The number of aliphatic carboxylic acids is 1. The average molecular weight is 303 g/mol. The van der Waals surface area contributed by atoms with Crippen LogP contribution >= 0.6 is 0 Å². The topological polar surface area (TPSA) is 81.7 Å². The highest BCUT2D eigenvalue weighted by Crippen LogP contribution is 2.28. The lowest BCUT2D eigenvalue weighted by atomic mass is 9.91. The van der Waals surface area contributed by atoms with Crippen LogP contribution in [0.4, 0.5) is 0 Å². The van der Waals surface area contributed by atoms with Crippen LogP contribution < -0.4 is 10.9 Å². The third kappa shape index (κ3) is 2.98. The zero-order valence-corrected chi connectivity index (χ0v) is 12.4. The molecule has 0 saturated carbocycles. The fourth-order valence-electron chi connectivity index (χ4n) is 3.32. The average Bonchev–Trinajstić information content (AvgIpc) is 3.04. The van der Waals surface area contributed by atoms with Crippen molar-refractivity contribution in [1.29, 1.82) is 0 Å². The molecule has 6 heteroatoms. The molecule has 3 atom stereocenters. The highest BCUT2D eigenvalue weighted by atomic mass is 16.4. The van der Waals surface area contributed by atoms with Crippen LogP contribution in [0.5, 0.6) is 0 Å². The number of piperidine rings is 1. The van der Waals surface area contributed by atoms with Gasteiger partial charge in [-0.15, -0.1) is 0 Å². The van der Waals surface area contributed by atoms with Crippen molar-refractivity contribution in [2.75, 3.05) is 19.6 Å². The van der Waals surface area contributed by atoms with Crippen molar-refractivity contribution in [3.05, 3.63) is 35.9 Å². The second kappa shape index (κ2) is 6.46. The first-order valence-corrected chi connectivity index (χ1v) is 7.71. The van der Waals surface area contributed by atoms with Crippen molar-refractivity contribution >= 4 is 11.9 Å². The second-order valence-corrected chi connectivity index (χ2v) is 5.98. The molecule has 22 heavy (non-hydrogen) atoms. The largest absolute Gasteiger partial charge is 0.481 e. The Kier molecular flexibility index (Phi) is 4.40. The normalized spacial score (nSPS) is 28.5. The summed E-state index contributed by atoms with van der Waals surface area (Å²) in [5.74, 6) is -1.40. The van der Waals surface area contributed by atoms with Crippen LogP contribution in [0.2, 0.25) is 0 Å².